The van der Waals surface area contributed by atoms with Crippen LogP contribution in [-0.4, -0.2) is 43.0 Å². The van der Waals surface area contributed by atoms with E-state index in [1.165, 1.54) is 4.90 Å². The summed E-state index contributed by atoms with van der Waals surface area (Å²) in [6, 6.07) is -1.19. The summed E-state index contributed by atoms with van der Waals surface area (Å²) in [6.45, 7) is 4.63. The van der Waals surface area contributed by atoms with Gasteiger partial charge >= 0.3 is 5.97 Å². The molecule has 0 rings (SSSR count). The van der Waals surface area contributed by atoms with Gasteiger partial charge in [-0.3, -0.25) is 4.79 Å². The zero-order chi connectivity index (χ0) is 12.6. The molecule has 0 aliphatic heterocycles. The molecule has 0 heterocycles. The second-order valence-corrected chi connectivity index (χ2v) is 3.70. The van der Waals surface area contributed by atoms with Gasteiger partial charge < -0.3 is 15.4 Å². The lowest BCUT2D eigenvalue weighted by Gasteiger charge is -2.20. The third-order valence-corrected chi connectivity index (χ3v) is 2.28. The Bertz CT molecular complexity index is 231. The Morgan fingerprint density at radius 3 is 2.44 bits per heavy atom. The molecule has 1 atom stereocenters. The number of ether oxygens (including phenoxy) is 1. The van der Waals surface area contributed by atoms with Gasteiger partial charge in [-0.25, -0.2) is 4.79 Å². The number of hydrogen-bond donors (Lipinski definition) is 1. The maximum absolute atomic E-state index is 11.7. The molecule has 2 N–H and O–H groups in total. The van der Waals surface area contributed by atoms with E-state index in [0.717, 1.165) is 19.3 Å². The zero-order valence-electron chi connectivity index (χ0n) is 10.4. The highest BCUT2D eigenvalue weighted by molar-refractivity contribution is 6.01. The van der Waals surface area contributed by atoms with Crippen molar-refractivity contribution in [3.8, 4) is 0 Å². The molecule has 94 valence electrons. The molecule has 0 fully saturated rings. The lowest BCUT2D eigenvalue weighted by molar-refractivity contribution is -0.150. The molecule has 0 saturated heterocycles. The Labute approximate surface area is 96.9 Å². The standard InChI is InChI=1S/C11H22N2O3/c1-4-6-7-8-13(3)10(14)9(12)11(15)16-5-2/h9H,4-8,12H2,1-3H3. The number of nitrogens with zero attached hydrogens (tertiary/aromatic N) is 1. The molecule has 5 heteroatoms. The van der Waals surface area contributed by atoms with Gasteiger partial charge in [-0.1, -0.05) is 19.8 Å². The van der Waals surface area contributed by atoms with Crippen LogP contribution in [0.2, 0.25) is 0 Å². The van der Waals surface area contributed by atoms with Crippen LogP contribution in [0.5, 0.6) is 0 Å². The molecule has 0 aliphatic carbocycles. The van der Waals surface area contributed by atoms with Crippen LogP contribution in [0.15, 0.2) is 0 Å². The van der Waals surface area contributed by atoms with Gasteiger partial charge in [-0.15, -0.1) is 0 Å². The van der Waals surface area contributed by atoms with E-state index in [0.29, 0.717) is 6.54 Å². The van der Waals surface area contributed by atoms with Crippen molar-refractivity contribution in [2.75, 3.05) is 20.2 Å². The van der Waals surface area contributed by atoms with Gasteiger partial charge in [0.15, 0.2) is 6.04 Å². The second-order valence-electron chi connectivity index (χ2n) is 3.70. The number of carbonyl (C=O) groups excluding carboxylic acids is 2. The summed E-state index contributed by atoms with van der Waals surface area (Å²) in [4.78, 5) is 24.4. The molecule has 0 aliphatic rings. The van der Waals surface area contributed by atoms with Crippen LogP contribution in [0.4, 0.5) is 0 Å². The molecule has 1 unspecified atom stereocenters. The summed E-state index contributed by atoms with van der Waals surface area (Å²) in [7, 11) is 1.65. The van der Waals surface area contributed by atoms with Crippen molar-refractivity contribution in [3.63, 3.8) is 0 Å². The van der Waals surface area contributed by atoms with E-state index in [1.807, 2.05) is 0 Å². The van der Waals surface area contributed by atoms with Crippen molar-refractivity contribution in [1.82, 2.24) is 4.90 Å². The molecular weight excluding hydrogens is 208 g/mol. The maximum Gasteiger partial charge on any atom is 0.332 e. The number of hydrogen-bond acceptors (Lipinski definition) is 4. The monoisotopic (exact) mass is 230 g/mol. The van der Waals surface area contributed by atoms with E-state index in [4.69, 9.17) is 5.73 Å². The SMILES string of the molecule is CCCCCN(C)C(=O)C(N)C(=O)OCC. The summed E-state index contributed by atoms with van der Waals surface area (Å²) < 4.78 is 4.69. The first kappa shape index (κ1) is 14.9. The number of carbonyl (C=O) groups is 2. The van der Waals surface area contributed by atoms with E-state index in [-0.39, 0.29) is 12.5 Å². The molecule has 0 aromatic rings. The molecule has 16 heavy (non-hydrogen) atoms. The first-order chi connectivity index (χ1) is 7.54. The largest absolute Gasteiger partial charge is 0.464 e. The number of esters is 1. The molecule has 0 saturated carbocycles. The van der Waals surface area contributed by atoms with Gasteiger partial charge in [-0.05, 0) is 13.3 Å². The molecule has 0 aromatic carbocycles. The lowest BCUT2D eigenvalue weighted by Crippen LogP contribution is -2.47. The first-order valence-corrected chi connectivity index (χ1v) is 5.71. The average molecular weight is 230 g/mol. The van der Waals surface area contributed by atoms with E-state index < -0.39 is 12.0 Å². The van der Waals surface area contributed by atoms with Crippen molar-refractivity contribution in [3.05, 3.63) is 0 Å². The van der Waals surface area contributed by atoms with Crippen molar-refractivity contribution >= 4 is 11.9 Å². The Morgan fingerprint density at radius 1 is 1.31 bits per heavy atom. The van der Waals surface area contributed by atoms with Crippen LogP contribution in [-0.2, 0) is 14.3 Å². The van der Waals surface area contributed by atoms with Gasteiger partial charge in [0, 0.05) is 13.6 Å². The Kier molecular flexibility index (Phi) is 7.54. The molecule has 0 radical (unpaired) electrons. The van der Waals surface area contributed by atoms with Crippen molar-refractivity contribution in [1.29, 1.82) is 0 Å². The third-order valence-electron chi connectivity index (χ3n) is 2.28. The van der Waals surface area contributed by atoms with Gasteiger partial charge in [0.2, 0.25) is 0 Å². The molecule has 0 spiro atoms. The van der Waals surface area contributed by atoms with E-state index in [2.05, 4.69) is 11.7 Å². The lowest BCUT2D eigenvalue weighted by atomic mass is 10.2. The highest BCUT2D eigenvalue weighted by Crippen LogP contribution is 1.99. The van der Waals surface area contributed by atoms with Crippen LogP contribution >= 0.6 is 0 Å². The summed E-state index contributed by atoms with van der Waals surface area (Å²) >= 11 is 0. The molecular formula is C11H22N2O3. The summed E-state index contributed by atoms with van der Waals surface area (Å²) in [5, 5.41) is 0. The van der Waals surface area contributed by atoms with E-state index >= 15 is 0 Å². The van der Waals surface area contributed by atoms with Crippen molar-refractivity contribution in [2.45, 2.75) is 39.2 Å². The Balaban J connectivity index is 4.05. The van der Waals surface area contributed by atoms with Gasteiger partial charge in [0.05, 0.1) is 6.61 Å². The average Bonchev–Trinajstić information content (AvgIpc) is 2.27. The number of amides is 1. The van der Waals surface area contributed by atoms with Crippen LogP contribution in [0.1, 0.15) is 33.1 Å². The number of likely N-dealkylation sites (N-methyl/N-ethyl adjacent to an activating group) is 1. The van der Waals surface area contributed by atoms with Crippen LogP contribution < -0.4 is 5.73 Å². The van der Waals surface area contributed by atoms with Crippen LogP contribution in [0.25, 0.3) is 0 Å². The second kappa shape index (κ2) is 8.10. The maximum atomic E-state index is 11.7. The highest BCUT2D eigenvalue weighted by Gasteiger charge is 2.25. The quantitative estimate of drug-likeness (QED) is 0.393. The number of rotatable bonds is 7. The fraction of sp³-hybridized carbons (Fsp3) is 0.818. The first-order valence-electron chi connectivity index (χ1n) is 5.71. The minimum atomic E-state index is -1.19. The topological polar surface area (TPSA) is 72.6 Å². The van der Waals surface area contributed by atoms with Crippen LogP contribution in [0.3, 0.4) is 0 Å². The predicted octanol–water partition coefficient (Wildman–Crippen LogP) is 0.525. The minimum absolute atomic E-state index is 0.235. The summed E-state index contributed by atoms with van der Waals surface area (Å²) in [5.74, 6) is -1.04. The number of unbranched alkanes of at least 4 members (excludes halogenated alkanes) is 2. The predicted molar refractivity (Wildman–Crippen MR) is 61.8 cm³/mol. The molecule has 0 aromatic heterocycles. The minimum Gasteiger partial charge on any atom is -0.464 e. The highest BCUT2D eigenvalue weighted by atomic mass is 16.5. The fourth-order valence-corrected chi connectivity index (χ4v) is 1.28. The number of nitrogens with two attached hydrogens (primary N) is 1. The third kappa shape index (κ3) is 5.11. The Hall–Kier alpha value is -1.10. The molecule has 5 nitrogen and oxygen atoms in total. The zero-order valence-corrected chi connectivity index (χ0v) is 10.4. The van der Waals surface area contributed by atoms with Gasteiger partial charge in [-0.2, -0.15) is 0 Å². The van der Waals surface area contributed by atoms with E-state index in [1.54, 1.807) is 14.0 Å². The Morgan fingerprint density at radius 2 is 1.94 bits per heavy atom. The van der Waals surface area contributed by atoms with Gasteiger partial charge in [0.1, 0.15) is 0 Å². The van der Waals surface area contributed by atoms with Crippen molar-refractivity contribution < 1.29 is 14.3 Å². The summed E-state index contributed by atoms with van der Waals surface area (Å²) in [6.07, 6.45) is 3.08. The molecule has 1 amide bonds. The van der Waals surface area contributed by atoms with E-state index in [9.17, 15) is 9.59 Å². The fourth-order valence-electron chi connectivity index (χ4n) is 1.28. The smallest absolute Gasteiger partial charge is 0.332 e. The van der Waals surface area contributed by atoms with Crippen molar-refractivity contribution in [2.24, 2.45) is 5.73 Å². The molecule has 0 bridgehead atoms. The normalized spacial score (nSPS) is 12.0. The van der Waals surface area contributed by atoms with Crippen LogP contribution in [0, 0.1) is 0 Å². The summed E-state index contributed by atoms with van der Waals surface area (Å²) in [5.41, 5.74) is 5.49. The van der Waals surface area contributed by atoms with Gasteiger partial charge in [0.25, 0.3) is 5.91 Å².